The lowest BCUT2D eigenvalue weighted by Crippen LogP contribution is -2.48. The van der Waals surface area contributed by atoms with Gasteiger partial charge in [-0.1, -0.05) is 5.92 Å². The Bertz CT molecular complexity index is 325. The van der Waals surface area contributed by atoms with Crippen LogP contribution in [0, 0.1) is 11.8 Å². The molecule has 0 aromatic carbocycles. The maximum atomic E-state index is 11.5. The lowest BCUT2D eigenvalue weighted by Gasteiger charge is -2.33. The summed E-state index contributed by atoms with van der Waals surface area (Å²) in [7, 11) is 0. The van der Waals surface area contributed by atoms with E-state index in [-0.39, 0.29) is 17.4 Å². The van der Waals surface area contributed by atoms with E-state index in [1.165, 1.54) is 0 Å². The molecule has 16 heavy (non-hydrogen) atoms. The van der Waals surface area contributed by atoms with Crippen LogP contribution in [0.1, 0.15) is 13.3 Å². The standard InChI is InChI=1S/C11H16N2O2S/c1-2-3-4-12-5-7-13(8-6-12)10(14)9-11(15)16/h4-9H2,1H3,(H,15,16). The van der Waals surface area contributed by atoms with Crippen molar-refractivity contribution >= 4 is 23.7 Å². The van der Waals surface area contributed by atoms with Crippen LogP contribution < -0.4 is 0 Å². The molecule has 0 spiro atoms. The second kappa shape index (κ2) is 6.56. The first-order valence-corrected chi connectivity index (χ1v) is 5.69. The van der Waals surface area contributed by atoms with Crippen LogP contribution in [0.3, 0.4) is 0 Å². The molecule has 0 aliphatic carbocycles. The zero-order valence-electron chi connectivity index (χ0n) is 9.40. The monoisotopic (exact) mass is 240 g/mol. The van der Waals surface area contributed by atoms with Gasteiger partial charge in [-0.2, -0.15) is 0 Å². The molecule has 0 aromatic heterocycles. The molecular formula is C11H16N2O2S. The van der Waals surface area contributed by atoms with E-state index in [0.29, 0.717) is 13.1 Å². The third-order valence-electron chi connectivity index (χ3n) is 2.51. The van der Waals surface area contributed by atoms with Crippen molar-refractivity contribution in [2.45, 2.75) is 13.3 Å². The van der Waals surface area contributed by atoms with Crippen LogP contribution in [0.25, 0.3) is 0 Å². The summed E-state index contributed by atoms with van der Waals surface area (Å²) in [5, 5.41) is -0.371. The molecule has 1 aliphatic heterocycles. The van der Waals surface area contributed by atoms with Crippen molar-refractivity contribution in [3.63, 3.8) is 0 Å². The highest BCUT2D eigenvalue weighted by atomic mass is 32.1. The number of nitrogens with zero attached hydrogens (tertiary/aromatic N) is 2. The molecular weight excluding hydrogens is 224 g/mol. The van der Waals surface area contributed by atoms with Crippen molar-refractivity contribution in [2.24, 2.45) is 0 Å². The number of carbonyl (C=O) groups excluding carboxylic acids is 2. The number of hydrogen-bond acceptors (Lipinski definition) is 3. The second-order valence-corrected chi connectivity index (χ2v) is 4.15. The van der Waals surface area contributed by atoms with Gasteiger partial charge < -0.3 is 4.90 Å². The van der Waals surface area contributed by atoms with Gasteiger partial charge in [0.1, 0.15) is 0 Å². The highest BCUT2D eigenvalue weighted by Gasteiger charge is 2.21. The number of hydrogen-bond donors (Lipinski definition) is 1. The molecule has 5 heteroatoms. The number of rotatable bonds is 3. The van der Waals surface area contributed by atoms with Gasteiger partial charge >= 0.3 is 0 Å². The van der Waals surface area contributed by atoms with Crippen molar-refractivity contribution in [2.75, 3.05) is 32.7 Å². The average molecular weight is 240 g/mol. The minimum absolute atomic E-state index is 0.0993. The first kappa shape index (κ1) is 13.1. The van der Waals surface area contributed by atoms with Gasteiger partial charge in [-0.15, -0.1) is 18.5 Å². The van der Waals surface area contributed by atoms with Crippen LogP contribution in [0.4, 0.5) is 0 Å². The Kier molecular flexibility index (Phi) is 5.36. The molecule has 0 saturated carbocycles. The summed E-state index contributed by atoms with van der Waals surface area (Å²) in [5.74, 6) is 5.72. The Labute approximate surface area is 101 Å². The molecule has 0 unspecified atom stereocenters. The van der Waals surface area contributed by atoms with Crippen molar-refractivity contribution < 1.29 is 9.59 Å². The second-order valence-electron chi connectivity index (χ2n) is 3.65. The molecule has 0 N–H and O–H groups in total. The molecule has 0 bridgehead atoms. The van der Waals surface area contributed by atoms with Crippen molar-refractivity contribution in [3.8, 4) is 11.8 Å². The van der Waals surface area contributed by atoms with Gasteiger partial charge in [-0.25, -0.2) is 0 Å². The van der Waals surface area contributed by atoms with Crippen LogP contribution in [-0.4, -0.2) is 53.5 Å². The van der Waals surface area contributed by atoms with Crippen LogP contribution in [0.5, 0.6) is 0 Å². The van der Waals surface area contributed by atoms with Gasteiger partial charge in [-0.3, -0.25) is 14.5 Å². The fraction of sp³-hybridized carbons (Fsp3) is 0.636. The zero-order valence-corrected chi connectivity index (χ0v) is 10.3. The molecule has 4 nitrogen and oxygen atoms in total. The highest BCUT2D eigenvalue weighted by Crippen LogP contribution is 2.04. The molecule has 1 amide bonds. The Hall–Kier alpha value is -0.990. The fourth-order valence-corrected chi connectivity index (χ4v) is 1.72. The van der Waals surface area contributed by atoms with E-state index in [1.807, 2.05) is 6.92 Å². The summed E-state index contributed by atoms with van der Waals surface area (Å²) in [6.45, 7) is 5.56. The van der Waals surface area contributed by atoms with E-state index in [1.54, 1.807) is 4.90 Å². The first-order chi connectivity index (χ1) is 7.63. The molecule has 1 rings (SSSR count). The maximum Gasteiger partial charge on any atom is 0.231 e. The Balaban J connectivity index is 2.33. The Morgan fingerprint density at radius 3 is 2.38 bits per heavy atom. The van der Waals surface area contributed by atoms with Crippen LogP contribution in [-0.2, 0) is 9.59 Å². The van der Waals surface area contributed by atoms with Crippen LogP contribution in [0.15, 0.2) is 0 Å². The van der Waals surface area contributed by atoms with E-state index in [0.717, 1.165) is 19.6 Å². The predicted molar refractivity (Wildman–Crippen MR) is 65.1 cm³/mol. The van der Waals surface area contributed by atoms with Crippen LogP contribution >= 0.6 is 12.6 Å². The fourth-order valence-electron chi connectivity index (χ4n) is 1.59. The third-order valence-corrected chi connectivity index (χ3v) is 2.67. The van der Waals surface area contributed by atoms with E-state index >= 15 is 0 Å². The molecule has 1 saturated heterocycles. The SMILES string of the molecule is CC#CCN1CCN(C(=O)CC(=O)S)CC1. The van der Waals surface area contributed by atoms with Crippen molar-refractivity contribution in [3.05, 3.63) is 0 Å². The van der Waals surface area contributed by atoms with E-state index < -0.39 is 0 Å². The van der Waals surface area contributed by atoms with E-state index in [9.17, 15) is 9.59 Å². The molecule has 0 radical (unpaired) electrons. The Morgan fingerprint density at radius 1 is 1.25 bits per heavy atom. The van der Waals surface area contributed by atoms with Gasteiger partial charge in [-0.05, 0) is 6.92 Å². The first-order valence-electron chi connectivity index (χ1n) is 5.25. The zero-order chi connectivity index (χ0) is 12.0. The normalized spacial score (nSPS) is 16.5. The number of thiol groups is 1. The average Bonchev–Trinajstić information content (AvgIpc) is 2.26. The van der Waals surface area contributed by atoms with Gasteiger partial charge in [0.05, 0.1) is 13.0 Å². The van der Waals surface area contributed by atoms with Gasteiger partial charge in [0.25, 0.3) is 0 Å². The topological polar surface area (TPSA) is 40.6 Å². The minimum atomic E-state index is -0.371. The lowest BCUT2D eigenvalue weighted by atomic mass is 10.3. The summed E-state index contributed by atoms with van der Waals surface area (Å²) in [6, 6.07) is 0. The smallest absolute Gasteiger partial charge is 0.231 e. The summed E-state index contributed by atoms with van der Waals surface area (Å²) in [4.78, 5) is 26.1. The predicted octanol–water partition coefficient (Wildman–Crippen LogP) is 0.000400. The van der Waals surface area contributed by atoms with E-state index in [4.69, 9.17) is 0 Å². The molecule has 1 aliphatic rings. The molecule has 1 fully saturated rings. The largest absolute Gasteiger partial charge is 0.340 e. The molecule has 1 heterocycles. The number of piperazine rings is 1. The molecule has 0 atom stereocenters. The van der Waals surface area contributed by atoms with E-state index in [2.05, 4.69) is 29.4 Å². The van der Waals surface area contributed by atoms with Gasteiger partial charge in [0.2, 0.25) is 5.91 Å². The Morgan fingerprint density at radius 2 is 1.88 bits per heavy atom. The van der Waals surface area contributed by atoms with Crippen molar-refractivity contribution in [1.82, 2.24) is 9.80 Å². The van der Waals surface area contributed by atoms with Crippen LogP contribution in [0.2, 0.25) is 0 Å². The lowest BCUT2D eigenvalue weighted by molar-refractivity contribution is -0.134. The van der Waals surface area contributed by atoms with Crippen molar-refractivity contribution in [1.29, 1.82) is 0 Å². The number of carbonyl (C=O) groups is 2. The summed E-state index contributed by atoms with van der Waals surface area (Å²) in [5.41, 5.74) is 0. The molecule has 0 aromatic rings. The maximum absolute atomic E-state index is 11.5. The summed E-state index contributed by atoms with van der Waals surface area (Å²) >= 11 is 3.61. The summed E-state index contributed by atoms with van der Waals surface area (Å²) in [6.07, 6.45) is -0.0993. The van der Waals surface area contributed by atoms with Gasteiger partial charge in [0.15, 0.2) is 5.12 Å². The number of amides is 1. The highest BCUT2D eigenvalue weighted by molar-refractivity contribution is 7.96. The summed E-state index contributed by atoms with van der Waals surface area (Å²) < 4.78 is 0. The quantitative estimate of drug-likeness (QED) is 0.429. The van der Waals surface area contributed by atoms with Gasteiger partial charge in [0, 0.05) is 26.2 Å². The molecule has 88 valence electrons. The third kappa shape index (κ3) is 4.25. The minimum Gasteiger partial charge on any atom is -0.340 e.